The van der Waals surface area contributed by atoms with Crippen molar-refractivity contribution < 1.29 is 4.79 Å². The van der Waals surface area contributed by atoms with E-state index in [2.05, 4.69) is 51.6 Å². The standard InChI is InChI=1S/C25H33N7O2/c1-16-13-21(30-31(16)5)27-20-14-22(28-29-24(20)34)32-12-6-7-19(15-32)26-23(33)17-8-10-18(11-9-17)25(2,3)4/h8-11,13-14,19H,6-7,12,15H2,1-5H3,(H,26,33)(H,29,34)(H,27,28,30). The molecule has 0 radical (unpaired) electrons. The Hall–Kier alpha value is -3.62. The van der Waals surface area contributed by atoms with Crippen molar-refractivity contribution in [3.05, 3.63) is 63.6 Å². The molecule has 180 valence electrons. The molecule has 34 heavy (non-hydrogen) atoms. The van der Waals surface area contributed by atoms with Crippen LogP contribution in [-0.2, 0) is 12.5 Å². The van der Waals surface area contributed by atoms with Crippen LogP contribution in [0, 0.1) is 6.92 Å². The first kappa shape index (κ1) is 23.5. The van der Waals surface area contributed by atoms with Crippen molar-refractivity contribution in [2.45, 2.75) is 52.0 Å². The lowest BCUT2D eigenvalue weighted by Gasteiger charge is -2.33. The van der Waals surface area contributed by atoms with Crippen LogP contribution in [0.4, 0.5) is 17.3 Å². The van der Waals surface area contributed by atoms with Crippen LogP contribution in [0.3, 0.4) is 0 Å². The molecule has 0 saturated carbocycles. The number of aromatic amines is 1. The van der Waals surface area contributed by atoms with Crippen molar-refractivity contribution >= 4 is 23.2 Å². The Balaban J connectivity index is 1.43. The van der Waals surface area contributed by atoms with Gasteiger partial charge in [0, 0.05) is 49.6 Å². The van der Waals surface area contributed by atoms with Crippen LogP contribution in [-0.4, -0.2) is 45.0 Å². The molecule has 4 rings (SSSR count). The number of hydrogen-bond donors (Lipinski definition) is 3. The number of aromatic nitrogens is 4. The van der Waals surface area contributed by atoms with Gasteiger partial charge < -0.3 is 15.5 Å². The molecule has 1 aliphatic rings. The van der Waals surface area contributed by atoms with E-state index in [0.29, 0.717) is 29.4 Å². The summed E-state index contributed by atoms with van der Waals surface area (Å²) in [6.45, 7) is 9.83. The highest BCUT2D eigenvalue weighted by Gasteiger charge is 2.24. The van der Waals surface area contributed by atoms with Gasteiger partial charge in [-0.15, -0.1) is 0 Å². The van der Waals surface area contributed by atoms with Gasteiger partial charge >= 0.3 is 0 Å². The summed E-state index contributed by atoms with van der Waals surface area (Å²) in [6.07, 6.45) is 1.81. The molecule has 1 atom stereocenters. The van der Waals surface area contributed by atoms with Gasteiger partial charge in [0.25, 0.3) is 11.5 Å². The number of carbonyl (C=O) groups excluding carboxylic acids is 1. The molecule has 1 fully saturated rings. The Morgan fingerprint density at radius 3 is 2.56 bits per heavy atom. The number of piperidine rings is 1. The minimum atomic E-state index is -0.312. The largest absolute Gasteiger partial charge is 0.353 e. The molecule has 2 aromatic heterocycles. The molecule has 3 N–H and O–H groups in total. The van der Waals surface area contributed by atoms with Gasteiger partial charge in [0.05, 0.1) is 0 Å². The zero-order valence-corrected chi connectivity index (χ0v) is 20.5. The van der Waals surface area contributed by atoms with Crippen molar-refractivity contribution in [2.24, 2.45) is 7.05 Å². The number of carbonyl (C=O) groups is 1. The van der Waals surface area contributed by atoms with Crippen LogP contribution < -0.4 is 21.1 Å². The van der Waals surface area contributed by atoms with E-state index < -0.39 is 0 Å². The summed E-state index contributed by atoms with van der Waals surface area (Å²) in [4.78, 5) is 27.2. The van der Waals surface area contributed by atoms with Crippen molar-refractivity contribution in [1.29, 1.82) is 0 Å². The first-order chi connectivity index (χ1) is 16.1. The number of nitrogens with one attached hydrogen (secondary N) is 3. The number of nitrogens with zero attached hydrogens (tertiary/aromatic N) is 4. The summed E-state index contributed by atoms with van der Waals surface area (Å²) in [5.41, 5.74) is 2.95. The van der Waals surface area contributed by atoms with Crippen molar-refractivity contribution in [1.82, 2.24) is 25.3 Å². The first-order valence-corrected chi connectivity index (χ1v) is 11.6. The van der Waals surface area contributed by atoms with Crippen molar-refractivity contribution in [2.75, 3.05) is 23.3 Å². The van der Waals surface area contributed by atoms with E-state index >= 15 is 0 Å². The summed E-state index contributed by atoms with van der Waals surface area (Å²) < 4.78 is 1.74. The molecule has 9 heteroatoms. The molecule has 1 aromatic carbocycles. The third-order valence-corrected chi connectivity index (χ3v) is 6.26. The predicted octanol–water partition coefficient (Wildman–Crippen LogP) is 3.25. The summed E-state index contributed by atoms with van der Waals surface area (Å²) in [6, 6.07) is 11.4. The maximum atomic E-state index is 12.8. The molecule has 1 saturated heterocycles. The Labute approximate surface area is 199 Å². The van der Waals surface area contributed by atoms with Crippen LogP contribution in [0.1, 0.15) is 55.2 Å². The Bertz CT molecular complexity index is 1200. The highest BCUT2D eigenvalue weighted by atomic mass is 16.1. The van der Waals surface area contributed by atoms with Gasteiger partial charge in [-0.25, -0.2) is 5.10 Å². The summed E-state index contributed by atoms with van der Waals surface area (Å²) in [5.74, 6) is 1.18. The smallest absolute Gasteiger partial charge is 0.288 e. The van der Waals surface area contributed by atoms with Gasteiger partial charge in [0.1, 0.15) is 5.69 Å². The number of H-pyrrole nitrogens is 1. The van der Waals surface area contributed by atoms with E-state index in [1.807, 2.05) is 44.3 Å². The highest BCUT2D eigenvalue weighted by molar-refractivity contribution is 5.94. The average molecular weight is 464 g/mol. The van der Waals surface area contributed by atoms with Crippen molar-refractivity contribution in [3.8, 4) is 0 Å². The lowest BCUT2D eigenvalue weighted by atomic mass is 9.86. The zero-order chi connectivity index (χ0) is 24.5. The van der Waals surface area contributed by atoms with E-state index in [1.165, 1.54) is 5.56 Å². The maximum absolute atomic E-state index is 12.8. The molecule has 0 spiro atoms. The molecule has 3 aromatic rings. The molecule has 1 amide bonds. The molecule has 1 aliphatic heterocycles. The predicted molar refractivity (Wildman–Crippen MR) is 134 cm³/mol. The lowest BCUT2D eigenvalue weighted by Crippen LogP contribution is -2.48. The van der Waals surface area contributed by atoms with Gasteiger partial charge in [-0.05, 0) is 42.9 Å². The first-order valence-electron chi connectivity index (χ1n) is 11.6. The van der Waals surface area contributed by atoms with E-state index in [-0.39, 0.29) is 22.9 Å². The van der Waals surface area contributed by atoms with Crippen LogP contribution in [0.2, 0.25) is 0 Å². The normalized spacial score (nSPS) is 16.4. The van der Waals surface area contributed by atoms with Crippen LogP contribution in [0.25, 0.3) is 0 Å². The number of benzene rings is 1. The van der Waals surface area contributed by atoms with E-state index in [1.54, 1.807) is 10.7 Å². The third-order valence-electron chi connectivity index (χ3n) is 6.26. The average Bonchev–Trinajstić information content (AvgIpc) is 3.11. The van der Waals surface area contributed by atoms with Crippen LogP contribution in [0.15, 0.2) is 41.2 Å². The number of amides is 1. The number of hydrogen-bond acceptors (Lipinski definition) is 6. The van der Waals surface area contributed by atoms with Gasteiger partial charge in [0.2, 0.25) is 0 Å². The monoisotopic (exact) mass is 463 g/mol. The minimum absolute atomic E-state index is 0.00730. The number of rotatable bonds is 5. The number of anilines is 3. The van der Waals surface area contributed by atoms with Crippen molar-refractivity contribution in [3.63, 3.8) is 0 Å². The molecular formula is C25H33N7O2. The van der Waals surface area contributed by atoms with E-state index in [0.717, 1.165) is 25.1 Å². The minimum Gasteiger partial charge on any atom is -0.353 e. The fourth-order valence-electron chi connectivity index (χ4n) is 4.10. The fraction of sp³-hybridized carbons (Fsp3) is 0.440. The van der Waals surface area contributed by atoms with Gasteiger partial charge in [-0.1, -0.05) is 32.9 Å². The quantitative estimate of drug-likeness (QED) is 0.536. The molecule has 0 bridgehead atoms. The Morgan fingerprint density at radius 2 is 1.91 bits per heavy atom. The molecule has 0 aliphatic carbocycles. The Morgan fingerprint density at radius 1 is 1.18 bits per heavy atom. The molecule has 1 unspecified atom stereocenters. The second-order valence-corrected chi connectivity index (χ2v) is 9.97. The summed E-state index contributed by atoms with van der Waals surface area (Å²) in [7, 11) is 1.85. The zero-order valence-electron chi connectivity index (χ0n) is 20.5. The van der Waals surface area contributed by atoms with Gasteiger partial charge in [-0.2, -0.15) is 10.2 Å². The fourth-order valence-corrected chi connectivity index (χ4v) is 4.10. The van der Waals surface area contributed by atoms with Gasteiger partial charge in [-0.3, -0.25) is 14.3 Å². The molecule has 9 nitrogen and oxygen atoms in total. The Kier molecular flexibility index (Phi) is 6.45. The highest BCUT2D eigenvalue weighted by Crippen LogP contribution is 2.23. The second kappa shape index (κ2) is 9.32. The summed E-state index contributed by atoms with van der Waals surface area (Å²) >= 11 is 0. The van der Waals surface area contributed by atoms with Gasteiger partial charge in [0.15, 0.2) is 11.6 Å². The van der Waals surface area contributed by atoms with E-state index in [9.17, 15) is 9.59 Å². The molecular weight excluding hydrogens is 430 g/mol. The lowest BCUT2D eigenvalue weighted by molar-refractivity contribution is 0.0933. The second-order valence-electron chi connectivity index (χ2n) is 9.97. The topological polar surface area (TPSA) is 108 Å². The van der Waals surface area contributed by atoms with Crippen LogP contribution in [0.5, 0.6) is 0 Å². The summed E-state index contributed by atoms with van der Waals surface area (Å²) in [5, 5.41) is 17.4. The van der Waals surface area contributed by atoms with E-state index in [4.69, 9.17) is 0 Å². The number of aryl methyl sites for hydroxylation is 2. The van der Waals surface area contributed by atoms with Crippen LogP contribution >= 0.6 is 0 Å². The maximum Gasteiger partial charge on any atom is 0.288 e. The molecule has 3 heterocycles. The third kappa shape index (κ3) is 5.30. The SMILES string of the molecule is Cc1cc(Nc2cc(N3CCCC(NC(=O)c4ccc(C(C)(C)C)cc4)C3)n[nH]c2=O)nn1C.